The molecule has 35 heavy (non-hydrogen) atoms. The third kappa shape index (κ3) is 4.20. The van der Waals surface area contributed by atoms with E-state index in [-0.39, 0.29) is 29.6 Å². The van der Waals surface area contributed by atoms with Crippen molar-refractivity contribution in [2.45, 2.75) is 26.2 Å². The lowest BCUT2D eigenvalue weighted by atomic mass is 9.76. The van der Waals surface area contributed by atoms with Gasteiger partial charge in [0.25, 0.3) is 5.91 Å². The van der Waals surface area contributed by atoms with Crippen LogP contribution in [0.4, 0.5) is 5.69 Å². The van der Waals surface area contributed by atoms with Crippen molar-refractivity contribution in [2.24, 2.45) is 28.0 Å². The van der Waals surface area contributed by atoms with Gasteiger partial charge in [0.15, 0.2) is 11.5 Å². The molecule has 0 saturated heterocycles. The normalized spacial score (nSPS) is 23.7. The molecule has 2 aromatic carbocycles. The Bertz CT molecular complexity index is 1250. The third-order valence-electron chi connectivity index (χ3n) is 6.86. The average Bonchev–Trinajstić information content (AvgIpc) is 2.89. The van der Waals surface area contributed by atoms with Gasteiger partial charge in [-0.15, -0.1) is 0 Å². The number of hydrazone groups is 2. The molecule has 2 amide bonds. The fraction of sp³-hybridized carbons (Fsp3) is 0.333. The Balaban J connectivity index is 1.52. The van der Waals surface area contributed by atoms with Crippen molar-refractivity contribution in [1.82, 2.24) is 5.43 Å². The van der Waals surface area contributed by atoms with Crippen molar-refractivity contribution in [3.63, 3.8) is 0 Å². The van der Waals surface area contributed by atoms with Gasteiger partial charge in [-0.3, -0.25) is 9.59 Å². The van der Waals surface area contributed by atoms with Crippen LogP contribution in [0.25, 0.3) is 0 Å². The molecule has 180 valence electrons. The fourth-order valence-electron chi connectivity index (χ4n) is 5.01. The number of hydrogen-bond acceptors (Lipinski definition) is 6. The third-order valence-corrected chi connectivity index (χ3v) is 6.86. The number of hydrogen-bond donors (Lipinski definition) is 1. The highest BCUT2D eigenvalue weighted by molar-refractivity contribution is 6.12. The summed E-state index contributed by atoms with van der Waals surface area (Å²) in [6, 6.07) is 13.4. The van der Waals surface area contributed by atoms with E-state index in [1.54, 1.807) is 14.2 Å². The molecule has 1 N–H and O–H groups in total. The quantitative estimate of drug-likeness (QED) is 0.668. The number of benzene rings is 2. The highest BCUT2D eigenvalue weighted by Crippen LogP contribution is 2.38. The summed E-state index contributed by atoms with van der Waals surface area (Å²) in [5.74, 6) is 1.03. The summed E-state index contributed by atoms with van der Waals surface area (Å²) in [5.41, 5.74) is 6.75. The van der Waals surface area contributed by atoms with E-state index in [0.29, 0.717) is 30.0 Å². The van der Waals surface area contributed by atoms with Crippen molar-refractivity contribution in [2.75, 3.05) is 19.2 Å². The molecule has 5 rings (SSSR count). The maximum atomic E-state index is 13.5. The van der Waals surface area contributed by atoms with Crippen LogP contribution in [0.3, 0.4) is 0 Å². The minimum absolute atomic E-state index is 0.00202. The van der Waals surface area contributed by atoms with Crippen LogP contribution >= 0.6 is 0 Å². The summed E-state index contributed by atoms with van der Waals surface area (Å²) in [5, 5.41) is 10.6. The number of ether oxygens (including phenoxy) is 2. The van der Waals surface area contributed by atoms with Crippen LogP contribution in [-0.4, -0.2) is 37.5 Å². The summed E-state index contributed by atoms with van der Waals surface area (Å²) in [6.07, 6.45) is 6.05. The van der Waals surface area contributed by atoms with Gasteiger partial charge in [-0.25, -0.2) is 10.4 Å². The van der Waals surface area contributed by atoms with Gasteiger partial charge in [0.2, 0.25) is 5.91 Å². The summed E-state index contributed by atoms with van der Waals surface area (Å²) < 4.78 is 10.9. The highest BCUT2D eigenvalue weighted by atomic mass is 16.5. The van der Waals surface area contributed by atoms with E-state index in [2.05, 4.69) is 22.7 Å². The van der Waals surface area contributed by atoms with Crippen LogP contribution in [0, 0.1) is 17.8 Å². The van der Waals surface area contributed by atoms with Crippen LogP contribution in [0.2, 0.25) is 0 Å². The number of methoxy groups -OCH3 is 2. The van der Waals surface area contributed by atoms with Gasteiger partial charge in [-0.05, 0) is 48.7 Å². The first-order chi connectivity index (χ1) is 17.0. The number of fused-ring (bicyclic) bond motifs is 1. The summed E-state index contributed by atoms with van der Waals surface area (Å²) in [7, 11) is 3.21. The molecule has 8 nitrogen and oxygen atoms in total. The number of carbonyl (C=O) groups excluding carboxylic acids is 2. The molecular weight excluding hydrogens is 444 g/mol. The van der Waals surface area contributed by atoms with E-state index in [0.717, 1.165) is 29.0 Å². The number of anilines is 1. The lowest BCUT2D eigenvalue weighted by molar-refractivity contribution is -0.124. The topological polar surface area (TPSA) is 92.6 Å². The zero-order valence-electron chi connectivity index (χ0n) is 20.0. The molecule has 0 spiro atoms. The molecule has 0 bridgehead atoms. The monoisotopic (exact) mass is 472 g/mol. The molecule has 0 radical (unpaired) electrons. The summed E-state index contributed by atoms with van der Waals surface area (Å²) in [6.45, 7) is 1.98. The molecule has 3 atom stereocenters. The van der Waals surface area contributed by atoms with E-state index in [1.165, 1.54) is 5.01 Å². The zero-order valence-corrected chi connectivity index (χ0v) is 20.0. The second kappa shape index (κ2) is 9.37. The van der Waals surface area contributed by atoms with Crippen LogP contribution in [-0.2, 0) is 9.59 Å². The van der Waals surface area contributed by atoms with Gasteiger partial charge >= 0.3 is 0 Å². The lowest BCUT2D eigenvalue weighted by Gasteiger charge is -2.37. The van der Waals surface area contributed by atoms with Crippen molar-refractivity contribution in [3.05, 3.63) is 65.7 Å². The maximum Gasteiger partial charge on any atom is 0.251 e. The first-order valence-electron chi connectivity index (χ1n) is 11.8. The summed E-state index contributed by atoms with van der Waals surface area (Å²) in [4.78, 5) is 25.1. The van der Waals surface area contributed by atoms with Gasteiger partial charge in [-0.1, -0.05) is 31.2 Å². The molecule has 3 unspecified atom stereocenters. The molecule has 8 heteroatoms. The van der Waals surface area contributed by atoms with Crippen LogP contribution in [0.1, 0.15) is 37.3 Å². The molecular formula is C27H28N4O4. The van der Waals surface area contributed by atoms with E-state index in [4.69, 9.17) is 14.6 Å². The Hall–Kier alpha value is -3.94. The van der Waals surface area contributed by atoms with E-state index in [1.807, 2.05) is 49.4 Å². The van der Waals surface area contributed by atoms with Crippen molar-refractivity contribution in [3.8, 4) is 11.5 Å². The second-order valence-corrected chi connectivity index (χ2v) is 9.04. The smallest absolute Gasteiger partial charge is 0.251 e. The minimum atomic E-state index is -0.182. The van der Waals surface area contributed by atoms with Crippen molar-refractivity contribution < 1.29 is 19.1 Å². The Morgan fingerprint density at radius 1 is 0.886 bits per heavy atom. The Labute approximate surface area is 204 Å². The average molecular weight is 473 g/mol. The summed E-state index contributed by atoms with van der Waals surface area (Å²) >= 11 is 0. The fourth-order valence-corrected chi connectivity index (χ4v) is 5.01. The second-order valence-electron chi connectivity index (χ2n) is 9.04. The van der Waals surface area contributed by atoms with Crippen LogP contribution in [0.15, 0.2) is 64.8 Å². The SMILES string of the molecule is COc1ccc(C2=NN(c3ccc(C4=NNC(=O)CC4C)cc3)C(=O)C3CC=CCC23)cc1OC. The van der Waals surface area contributed by atoms with E-state index in [9.17, 15) is 9.59 Å². The van der Waals surface area contributed by atoms with Gasteiger partial charge < -0.3 is 9.47 Å². The van der Waals surface area contributed by atoms with Crippen LogP contribution < -0.4 is 19.9 Å². The molecule has 3 aliphatic rings. The first kappa shape index (κ1) is 22.8. The molecule has 2 aromatic rings. The molecule has 0 saturated carbocycles. The Kier molecular flexibility index (Phi) is 6.11. The molecule has 2 aliphatic heterocycles. The first-order valence-corrected chi connectivity index (χ1v) is 11.8. The number of nitrogens with zero attached hydrogens (tertiary/aromatic N) is 3. The largest absolute Gasteiger partial charge is 0.493 e. The number of nitrogens with one attached hydrogen (secondary N) is 1. The maximum absolute atomic E-state index is 13.5. The molecule has 0 fully saturated rings. The van der Waals surface area contributed by atoms with Crippen molar-refractivity contribution >= 4 is 28.9 Å². The molecule has 2 heterocycles. The minimum Gasteiger partial charge on any atom is -0.493 e. The van der Waals surface area contributed by atoms with E-state index < -0.39 is 0 Å². The lowest BCUT2D eigenvalue weighted by Crippen LogP contribution is -2.45. The zero-order chi connectivity index (χ0) is 24.5. The Morgan fingerprint density at radius 3 is 2.26 bits per heavy atom. The molecule has 1 aliphatic carbocycles. The predicted molar refractivity (Wildman–Crippen MR) is 134 cm³/mol. The van der Waals surface area contributed by atoms with Gasteiger partial charge in [0.1, 0.15) is 0 Å². The highest BCUT2D eigenvalue weighted by Gasteiger charge is 2.40. The number of amides is 2. The Morgan fingerprint density at radius 2 is 1.57 bits per heavy atom. The van der Waals surface area contributed by atoms with Crippen molar-refractivity contribution in [1.29, 1.82) is 0 Å². The molecule has 0 aromatic heterocycles. The van der Waals surface area contributed by atoms with Gasteiger partial charge in [0.05, 0.1) is 37.2 Å². The van der Waals surface area contributed by atoms with Gasteiger partial charge in [-0.2, -0.15) is 10.2 Å². The van der Waals surface area contributed by atoms with Crippen LogP contribution in [0.5, 0.6) is 11.5 Å². The van der Waals surface area contributed by atoms with Gasteiger partial charge in [0, 0.05) is 23.8 Å². The number of allylic oxidation sites excluding steroid dienone is 2. The standard InChI is InChI=1S/C27H28N4O4/c1-16-14-24(32)28-29-25(16)17-8-11-19(12-9-17)31-27(33)21-7-5-4-6-20(21)26(30-31)18-10-13-22(34-2)23(15-18)35-3/h4-5,8-13,15-16,20-21H,6-7,14H2,1-3H3,(H,28,32). The number of carbonyl (C=O) groups is 2. The predicted octanol–water partition coefficient (Wildman–Crippen LogP) is 3.90. The number of rotatable bonds is 5. The van der Waals surface area contributed by atoms with E-state index >= 15 is 0 Å².